The van der Waals surface area contributed by atoms with Crippen LogP contribution in [0.3, 0.4) is 0 Å². The highest BCUT2D eigenvalue weighted by Crippen LogP contribution is 2.29. The van der Waals surface area contributed by atoms with Crippen molar-refractivity contribution in [2.75, 3.05) is 12.8 Å². The molecule has 2 atom stereocenters. The first-order valence-electron chi connectivity index (χ1n) is 7.69. The fraction of sp³-hybridized carbons (Fsp3) is 0.278. The molecule has 4 N–H and O–H groups in total. The Hall–Kier alpha value is -2.02. The minimum Gasteiger partial charge on any atom is -0.496 e. The van der Waals surface area contributed by atoms with Gasteiger partial charge in [0.15, 0.2) is 0 Å². The predicted octanol–water partition coefficient (Wildman–Crippen LogP) is 3.73. The lowest BCUT2D eigenvalue weighted by Gasteiger charge is -2.19. The molecule has 0 aliphatic rings. The number of hydrogen-bond acceptors (Lipinski definition) is 4. The van der Waals surface area contributed by atoms with Gasteiger partial charge < -0.3 is 20.9 Å². The maximum absolute atomic E-state index is 12.9. The summed E-state index contributed by atoms with van der Waals surface area (Å²) in [5, 5.41) is 13.2. The first-order chi connectivity index (χ1) is 11.8. The lowest BCUT2D eigenvalue weighted by Crippen LogP contribution is -2.34. The fourth-order valence-corrected chi connectivity index (χ4v) is 2.60. The maximum Gasteiger partial charge on any atom is 0.255 e. The van der Waals surface area contributed by atoms with Crippen LogP contribution in [0.25, 0.3) is 0 Å². The van der Waals surface area contributed by atoms with Gasteiger partial charge in [-0.15, -0.1) is 12.4 Å². The number of nitrogen functional groups attached to an aromatic ring is 1. The Labute approximate surface area is 162 Å². The van der Waals surface area contributed by atoms with Crippen molar-refractivity contribution in [2.24, 2.45) is 0 Å². The van der Waals surface area contributed by atoms with Crippen LogP contribution < -0.4 is 15.8 Å². The van der Waals surface area contributed by atoms with E-state index in [1.807, 2.05) is 0 Å². The van der Waals surface area contributed by atoms with E-state index in [0.29, 0.717) is 17.0 Å². The number of amides is 1. The van der Waals surface area contributed by atoms with Gasteiger partial charge in [-0.3, -0.25) is 4.79 Å². The van der Waals surface area contributed by atoms with E-state index in [1.165, 1.54) is 43.5 Å². The van der Waals surface area contributed by atoms with Gasteiger partial charge in [0.1, 0.15) is 11.6 Å². The monoisotopic (exact) mass is 402 g/mol. The van der Waals surface area contributed by atoms with Crippen molar-refractivity contribution >= 4 is 35.6 Å². The standard InChI is InChI=1S/C18H20ClFN2O3.ClH/c1-10(7-16(23)11-3-5-12(20)6-4-11)22-18(24)13-8-14(19)15(21)9-17(13)25-2;/h3-6,8-10,16,23H,7,21H2,1-2H3,(H,22,24);1H. The van der Waals surface area contributed by atoms with Gasteiger partial charge in [0.2, 0.25) is 0 Å². The summed E-state index contributed by atoms with van der Waals surface area (Å²) in [5.74, 6) is -0.451. The molecule has 142 valence electrons. The van der Waals surface area contributed by atoms with E-state index in [2.05, 4.69) is 5.32 Å². The van der Waals surface area contributed by atoms with Gasteiger partial charge >= 0.3 is 0 Å². The molecular formula is C18H21Cl2FN2O3. The molecule has 0 aliphatic carbocycles. The molecule has 8 heteroatoms. The fourth-order valence-electron chi connectivity index (χ4n) is 2.43. The van der Waals surface area contributed by atoms with Gasteiger partial charge in [-0.2, -0.15) is 0 Å². The van der Waals surface area contributed by atoms with E-state index >= 15 is 0 Å². The van der Waals surface area contributed by atoms with E-state index in [0.717, 1.165) is 0 Å². The largest absolute Gasteiger partial charge is 0.496 e. The van der Waals surface area contributed by atoms with Gasteiger partial charge in [0, 0.05) is 12.1 Å². The molecule has 1 amide bonds. The van der Waals surface area contributed by atoms with E-state index in [1.54, 1.807) is 6.92 Å². The van der Waals surface area contributed by atoms with Crippen molar-refractivity contribution in [3.05, 3.63) is 58.4 Å². The van der Waals surface area contributed by atoms with Crippen LogP contribution in [0.15, 0.2) is 36.4 Å². The first-order valence-corrected chi connectivity index (χ1v) is 8.07. The second-order valence-corrected chi connectivity index (χ2v) is 6.16. The van der Waals surface area contributed by atoms with Crippen LogP contribution in [0.5, 0.6) is 5.75 Å². The van der Waals surface area contributed by atoms with Gasteiger partial charge in [-0.25, -0.2) is 4.39 Å². The topological polar surface area (TPSA) is 84.6 Å². The van der Waals surface area contributed by atoms with Crippen LogP contribution in [0.4, 0.5) is 10.1 Å². The number of halogens is 3. The molecule has 2 aromatic rings. The van der Waals surface area contributed by atoms with Crippen molar-refractivity contribution in [2.45, 2.75) is 25.5 Å². The smallest absolute Gasteiger partial charge is 0.255 e. The van der Waals surface area contributed by atoms with Crippen LogP contribution in [0.2, 0.25) is 5.02 Å². The SMILES string of the molecule is COc1cc(N)c(Cl)cc1C(=O)NC(C)CC(O)c1ccc(F)cc1.Cl. The zero-order valence-corrected chi connectivity index (χ0v) is 15.9. The summed E-state index contributed by atoms with van der Waals surface area (Å²) >= 11 is 5.97. The summed E-state index contributed by atoms with van der Waals surface area (Å²) in [6.07, 6.45) is -0.560. The Morgan fingerprint density at radius 1 is 1.35 bits per heavy atom. The number of methoxy groups -OCH3 is 1. The van der Waals surface area contributed by atoms with Crippen LogP contribution in [-0.4, -0.2) is 24.2 Å². The van der Waals surface area contributed by atoms with E-state index in [4.69, 9.17) is 22.1 Å². The quantitative estimate of drug-likeness (QED) is 0.642. The van der Waals surface area contributed by atoms with Crippen molar-refractivity contribution in [3.8, 4) is 5.75 Å². The number of nitrogens with two attached hydrogens (primary N) is 1. The van der Waals surface area contributed by atoms with Crippen LogP contribution in [-0.2, 0) is 0 Å². The number of hydrogen-bond donors (Lipinski definition) is 3. The van der Waals surface area contributed by atoms with E-state index in [-0.39, 0.29) is 41.3 Å². The van der Waals surface area contributed by atoms with Crippen molar-refractivity contribution in [3.63, 3.8) is 0 Å². The molecule has 2 aromatic carbocycles. The van der Waals surface area contributed by atoms with E-state index < -0.39 is 12.0 Å². The van der Waals surface area contributed by atoms with Crippen molar-refractivity contribution in [1.29, 1.82) is 0 Å². The number of carbonyl (C=O) groups excluding carboxylic acids is 1. The zero-order chi connectivity index (χ0) is 18.6. The number of carbonyl (C=O) groups is 1. The molecule has 2 rings (SSSR count). The van der Waals surface area contributed by atoms with Gasteiger partial charge in [0.05, 0.1) is 29.5 Å². The summed E-state index contributed by atoms with van der Waals surface area (Å²) in [6.45, 7) is 1.76. The number of benzene rings is 2. The molecule has 0 aliphatic heterocycles. The van der Waals surface area contributed by atoms with Gasteiger partial charge in [-0.05, 0) is 37.1 Å². The Morgan fingerprint density at radius 3 is 2.54 bits per heavy atom. The minimum absolute atomic E-state index is 0. The van der Waals surface area contributed by atoms with Crippen molar-refractivity contribution < 1.29 is 19.0 Å². The molecule has 0 spiro atoms. The zero-order valence-electron chi connectivity index (χ0n) is 14.3. The van der Waals surface area contributed by atoms with Gasteiger partial charge in [0.25, 0.3) is 5.91 Å². The average Bonchev–Trinajstić information content (AvgIpc) is 2.57. The second-order valence-electron chi connectivity index (χ2n) is 5.75. The highest BCUT2D eigenvalue weighted by atomic mass is 35.5. The minimum atomic E-state index is -0.826. The molecule has 2 unspecified atom stereocenters. The molecule has 0 bridgehead atoms. The molecule has 26 heavy (non-hydrogen) atoms. The summed E-state index contributed by atoms with van der Waals surface area (Å²) in [4.78, 5) is 12.4. The summed E-state index contributed by atoms with van der Waals surface area (Å²) in [7, 11) is 1.43. The number of aliphatic hydroxyl groups excluding tert-OH is 1. The summed E-state index contributed by atoms with van der Waals surface area (Å²) in [5.41, 5.74) is 6.85. The average molecular weight is 403 g/mol. The third kappa shape index (κ3) is 5.49. The highest BCUT2D eigenvalue weighted by molar-refractivity contribution is 6.33. The van der Waals surface area contributed by atoms with Crippen LogP contribution in [0.1, 0.15) is 35.4 Å². The van der Waals surface area contributed by atoms with Crippen molar-refractivity contribution in [1.82, 2.24) is 5.32 Å². The molecule has 0 saturated carbocycles. The summed E-state index contributed by atoms with van der Waals surface area (Å²) in [6, 6.07) is 8.16. The van der Waals surface area contributed by atoms with E-state index in [9.17, 15) is 14.3 Å². The molecule has 0 aromatic heterocycles. The number of rotatable bonds is 6. The Balaban J connectivity index is 0.00000338. The molecule has 0 saturated heterocycles. The molecule has 5 nitrogen and oxygen atoms in total. The Morgan fingerprint density at radius 2 is 1.96 bits per heavy atom. The van der Waals surface area contributed by atoms with Crippen LogP contribution >= 0.6 is 24.0 Å². The normalized spacial score (nSPS) is 12.7. The predicted molar refractivity (Wildman–Crippen MR) is 103 cm³/mol. The Bertz CT molecular complexity index is 757. The highest BCUT2D eigenvalue weighted by Gasteiger charge is 2.19. The lowest BCUT2D eigenvalue weighted by atomic mass is 10.0. The number of ether oxygens (including phenoxy) is 1. The summed E-state index contributed by atoms with van der Waals surface area (Å²) < 4.78 is 18.1. The molecule has 0 radical (unpaired) electrons. The maximum atomic E-state index is 12.9. The number of nitrogens with one attached hydrogen (secondary N) is 1. The Kier molecular flexibility index (Phi) is 8.14. The third-order valence-corrected chi connectivity index (χ3v) is 4.10. The van der Waals surface area contributed by atoms with Crippen LogP contribution in [0, 0.1) is 5.82 Å². The lowest BCUT2D eigenvalue weighted by molar-refractivity contribution is 0.0914. The van der Waals surface area contributed by atoms with Gasteiger partial charge in [-0.1, -0.05) is 23.7 Å². The molecule has 0 heterocycles. The number of anilines is 1. The molecular weight excluding hydrogens is 382 g/mol. The first kappa shape index (κ1) is 22.0. The number of aliphatic hydroxyl groups is 1. The second kappa shape index (κ2) is 9.62. The third-order valence-electron chi connectivity index (χ3n) is 3.77. The molecule has 0 fully saturated rings.